The third-order valence-electron chi connectivity index (χ3n) is 1.78. The SMILES string of the molecule is COc1cc(OCCO)c(Cl)cc1[N+](=O)[O-]. The van der Waals surface area contributed by atoms with E-state index >= 15 is 0 Å². The maximum atomic E-state index is 10.6. The molecule has 1 aromatic rings. The Morgan fingerprint density at radius 1 is 1.50 bits per heavy atom. The molecule has 6 nitrogen and oxygen atoms in total. The number of ether oxygens (including phenoxy) is 2. The summed E-state index contributed by atoms with van der Waals surface area (Å²) in [4.78, 5) is 10.0. The third kappa shape index (κ3) is 2.74. The summed E-state index contributed by atoms with van der Waals surface area (Å²) < 4.78 is 9.92. The molecule has 0 radical (unpaired) electrons. The Labute approximate surface area is 96.5 Å². The van der Waals surface area contributed by atoms with Gasteiger partial charge in [0.2, 0.25) is 5.75 Å². The quantitative estimate of drug-likeness (QED) is 0.632. The van der Waals surface area contributed by atoms with Gasteiger partial charge in [0, 0.05) is 12.1 Å². The van der Waals surface area contributed by atoms with Crippen LogP contribution in [0.4, 0.5) is 5.69 Å². The molecule has 0 saturated heterocycles. The molecule has 0 aliphatic rings. The van der Waals surface area contributed by atoms with Crippen LogP contribution in [-0.4, -0.2) is 30.4 Å². The standard InChI is InChI=1S/C9H10ClNO5/c1-15-9-5-8(16-3-2-12)6(10)4-7(9)11(13)14/h4-5,12H,2-3H2,1H3. The topological polar surface area (TPSA) is 81.8 Å². The van der Waals surface area contributed by atoms with Crippen molar-refractivity contribution in [2.24, 2.45) is 0 Å². The molecule has 0 heterocycles. The van der Waals surface area contributed by atoms with Crippen molar-refractivity contribution in [1.82, 2.24) is 0 Å². The highest BCUT2D eigenvalue weighted by Crippen LogP contribution is 2.37. The Hall–Kier alpha value is -1.53. The van der Waals surface area contributed by atoms with Crippen molar-refractivity contribution in [2.45, 2.75) is 0 Å². The second-order valence-electron chi connectivity index (χ2n) is 2.78. The molecule has 88 valence electrons. The van der Waals surface area contributed by atoms with Gasteiger partial charge in [-0.15, -0.1) is 0 Å². The van der Waals surface area contributed by atoms with Crippen LogP contribution in [0.3, 0.4) is 0 Å². The first-order valence-corrected chi connectivity index (χ1v) is 4.73. The summed E-state index contributed by atoms with van der Waals surface area (Å²) in [6, 6.07) is 2.46. The number of hydrogen-bond donors (Lipinski definition) is 1. The molecule has 0 aliphatic carbocycles. The predicted molar refractivity (Wildman–Crippen MR) is 57.2 cm³/mol. The zero-order chi connectivity index (χ0) is 12.1. The third-order valence-corrected chi connectivity index (χ3v) is 2.07. The summed E-state index contributed by atoms with van der Waals surface area (Å²) in [5.74, 6) is 0.292. The fourth-order valence-electron chi connectivity index (χ4n) is 1.10. The molecule has 0 bridgehead atoms. The van der Waals surface area contributed by atoms with E-state index in [1.807, 2.05) is 0 Å². The van der Waals surface area contributed by atoms with Gasteiger partial charge in [-0.2, -0.15) is 0 Å². The summed E-state index contributed by atoms with van der Waals surface area (Å²) in [6.07, 6.45) is 0. The lowest BCUT2D eigenvalue weighted by Crippen LogP contribution is -2.03. The van der Waals surface area contributed by atoms with E-state index in [-0.39, 0.29) is 35.4 Å². The van der Waals surface area contributed by atoms with Gasteiger partial charge in [0.25, 0.3) is 0 Å². The summed E-state index contributed by atoms with van der Waals surface area (Å²) in [5.41, 5.74) is -0.233. The van der Waals surface area contributed by atoms with E-state index in [9.17, 15) is 10.1 Å². The zero-order valence-corrected chi connectivity index (χ0v) is 9.23. The molecule has 0 saturated carbocycles. The van der Waals surface area contributed by atoms with Crippen LogP contribution in [0.15, 0.2) is 12.1 Å². The lowest BCUT2D eigenvalue weighted by atomic mass is 10.3. The lowest BCUT2D eigenvalue weighted by molar-refractivity contribution is -0.385. The first kappa shape index (κ1) is 12.5. The molecule has 0 atom stereocenters. The number of nitro benzene ring substituents is 1. The number of benzene rings is 1. The molecular formula is C9H10ClNO5. The summed E-state index contributed by atoms with van der Waals surface area (Å²) >= 11 is 5.77. The summed E-state index contributed by atoms with van der Waals surface area (Å²) in [6.45, 7) is -0.115. The first-order valence-electron chi connectivity index (χ1n) is 4.35. The van der Waals surface area contributed by atoms with Crippen LogP contribution in [0.1, 0.15) is 0 Å². The van der Waals surface area contributed by atoms with Crippen LogP contribution < -0.4 is 9.47 Å². The minimum Gasteiger partial charge on any atom is -0.490 e. The monoisotopic (exact) mass is 247 g/mol. The number of nitrogens with zero attached hydrogens (tertiary/aromatic N) is 1. The first-order chi connectivity index (χ1) is 7.60. The van der Waals surface area contributed by atoms with Crippen LogP contribution in [0.25, 0.3) is 0 Å². The van der Waals surface area contributed by atoms with Crippen molar-refractivity contribution in [3.05, 3.63) is 27.3 Å². The van der Waals surface area contributed by atoms with Crippen LogP contribution in [0.2, 0.25) is 5.02 Å². The highest BCUT2D eigenvalue weighted by molar-refractivity contribution is 6.32. The van der Waals surface area contributed by atoms with Gasteiger partial charge >= 0.3 is 5.69 Å². The van der Waals surface area contributed by atoms with E-state index < -0.39 is 4.92 Å². The molecule has 1 aromatic carbocycles. The summed E-state index contributed by atoms with van der Waals surface area (Å²) in [5, 5.41) is 19.3. The van der Waals surface area contributed by atoms with Crippen molar-refractivity contribution in [3.63, 3.8) is 0 Å². The highest BCUT2D eigenvalue weighted by atomic mass is 35.5. The van der Waals surface area contributed by atoms with Gasteiger partial charge in [-0.1, -0.05) is 11.6 Å². The van der Waals surface area contributed by atoms with Crippen LogP contribution in [-0.2, 0) is 0 Å². The minimum atomic E-state index is -0.597. The van der Waals surface area contributed by atoms with E-state index in [0.29, 0.717) is 0 Å². The average Bonchev–Trinajstić information content (AvgIpc) is 2.26. The predicted octanol–water partition coefficient (Wildman–Crippen LogP) is 1.63. The van der Waals surface area contributed by atoms with Gasteiger partial charge < -0.3 is 14.6 Å². The maximum absolute atomic E-state index is 10.6. The Bertz CT molecular complexity index is 396. The van der Waals surface area contributed by atoms with Crippen LogP contribution in [0, 0.1) is 10.1 Å². The number of aliphatic hydroxyl groups is 1. The van der Waals surface area contributed by atoms with Crippen molar-refractivity contribution in [3.8, 4) is 11.5 Å². The number of rotatable bonds is 5. The fraction of sp³-hybridized carbons (Fsp3) is 0.333. The molecule has 0 unspecified atom stereocenters. The highest BCUT2D eigenvalue weighted by Gasteiger charge is 2.18. The van der Waals surface area contributed by atoms with E-state index in [0.717, 1.165) is 6.07 Å². The molecule has 1 rings (SSSR count). The van der Waals surface area contributed by atoms with Crippen molar-refractivity contribution >= 4 is 17.3 Å². The van der Waals surface area contributed by atoms with Crippen molar-refractivity contribution in [1.29, 1.82) is 0 Å². The molecule has 0 spiro atoms. The van der Waals surface area contributed by atoms with E-state index in [4.69, 9.17) is 26.2 Å². The van der Waals surface area contributed by atoms with E-state index in [1.54, 1.807) is 0 Å². The lowest BCUT2D eigenvalue weighted by Gasteiger charge is -2.08. The van der Waals surface area contributed by atoms with Crippen LogP contribution >= 0.6 is 11.6 Å². The molecule has 0 aromatic heterocycles. The average molecular weight is 248 g/mol. The fourth-order valence-corrected chi connectivity index (χ4v) is 1.31. The molecule has 0 aliphatic heterocycles. The minimum absolute atomic E-state index is 0.0562. The van der Waals surface area contributed by atoms with Gasteiger partial charge in [0.05, 0.1) is 23.7 Å². The Kier molecular flexibility index (Phi) is 4.33. The molecule has 0 amide bonds. The smallest absolute Gasteiger partial charge is 0.312 e. The molecule has 1 N–H and O–H groups in total. The van der Waals surface area contributed by atoms with E-state index in [2.05, 4.69) is 0 Å². The van der Waals surface area contributed by atoms with Crippen molar-refractivity contribution in [2.75, 3.05) is 20.3 Å². The number of aliphatic hydroxyl groups excluding tert-OH is 1. The molecule has 0 fully saturated rings. The second-order valence-corrected chi connectivity index (χ2v) is 3.19. The normalized spacial score (nSPS) is 9.94. The van der Waals surface area contributed by atoms with E-state index in [1.165, 1.54) is 13.2 Å². The van der Waals surface area contributed by atoms with Gasteiger partial charge in [-0.05, 0) is 0 Å². The number of hydrogen-bond acceptors (Lipinski definition) is 5. The molecule has 7 heteroatoms. The molecule has 16 heavy (non-hydrogen) atoms. The number of nitro groups is 1. The van der Waals surface area contributed by atoms with Gasteiger partial charge in [0.15, 0.2) is 0 Å². The maximum Gasteiger partial charge on any atom is 0.312 e. The summed E-state index contributed by atoms with van der Waals surface area (Å²) in [7, 11) is 1.31. The largest absolute Gasteiger partial charge is 0.490 e. The van der Waals surface area contributed by atoms with Crippen LogP contribution in [0.5, 0.6) is 11.5 Å². The Morgan fingerprint density at radius 2 is 2.19 bits per heavy atom. The Morgan fingerprint density at radius 3 is 2.69 bits per heavy atom. The van der Waals surface area contributed by atoms with Crippen molar-refractivity contribution < 1.29 is 19.5 Å². The van der Waals surface area contributed by atoms with Gasteiger partial charge in [-0.3, -0.25) is 10.1 Å². The Balaban J connectivity index is 3.10. The second kappa shape index (κ2) is 5.53. The zero-order valence-electron chi connectivity index (χ0n) is 8.47. The van der Waals surface area contributed by atoms with Gasteiger partial charge in [-0.25, -0.2) is 0 Å². The van der Waals surface area contributed by atoms with Gasteiger partial charge in [0.1, 0.15) is 12.4 Å². The number of halogens is 1. The number of methoxy groups -OCH3 is 1. The molecular weight excluding hydrogens is 238 g/mol.